The maximum Gasteiger partial charge on any atom is 0.334 e. The maximum absolute atomic E-state index is 12.2. The number of urea groups is 1. The fourth-order valence-corrected chi connectivity index (χ4v) is 2.28. The molecule has 0 aromatic carbocycles. The third-order valence-electron chi connectivity index (χ3n) is 3.73. The molecular formula is C15H22N4O5. The smallest absolute Gasteiger partial charge is 0.334 e. The lowest BCUT2D eigenvalue weighted by Crippen LogP contribution is -2.45. The van der Waals surface area contributed by atoms with Gasteiger partial charge >= 0.3 is 17.8 Å². The summed E-state index contributed by atoms with van der Waals surface area (Å²) in [5.41, 5.74) is 0. The Bertz CT molecular complexity index is 584. The van der Waals surface area contributed by atoms with Gasteiger partial charge in [0.05, 0.1) is 6.54 Å². The highest BCUT2D eigenvalue weighted by atomic mass is 16.2. The molecule has 1 heterocycles. The van der Waals surface area contributed by atoms with E-state index in [4.69, 9.17) is 0 Å². The van der Waals surface area contributed by atoms with Crippen molar-refractivity contribution in [3.05, 3.63) is 0 Å². The van der Waals surface area contributed by atoms with Gasteiger partial charge in [0.2, 0.25) is 11.8 Å². The third-order valence-corrected chi connectivity index (χ3v) is 3.73. The van der Waals surface area contributed by atoms with Gasteiger partial charge in [-0.2, -0.15) is 0 Å². The summed E-state index contributed by atoms with van der Waals surface area (Å²) in [5, 5.41) is 2.74. The summed E-state index contributed by atoms with van der Waals surface area (Å²) < 4.78 is 0. The van der Waals surface area contributed by atoms with Crippen molar-refractivity contribution < 1.29 is 24.0 Å². The molecular weight excluding hydrogens is 316 g/mol. The highest BCUT2D eigenvalue weighted by Gasteiger charge is 2.45. The second kappa shape index (κ2) is 6.98. The molecule has 1 saturated carbocycles. The number of rotatable bonds is 7. The number of nitrogens with one attached hydrogen (secondary N) is 1. The molecule has 0 atom stereocenters. The Morgan fingerprint density at radius 1 is 1.17 bits per heavy atom. The molecule has 132 valence electrons. The fraction of sp³-hybridized carbons (Fsp3) is 0.667. The Balaban J connectivity index is 1.92. The summed E-state index contributed by atoms with van der Waals surface area (Å²) in [6.07, 6.45) is 1.88. The van der Waals surface area contributed by atoms with Gasteiger partial charge in [0.1, 0.15) is 6.54 Å². The Kier molecular flexibility index (Phi) is 5.20. The SMILES string of the molecule is CC(C)CN1C(=O)C(=O)N(CC(=O)N(C)CC(=O)NC2CC2)C1=O. The van der Waals surface area contributed by atoms with Crippen LogP contribution in [0.3, 0.4) is 0 Å². The lowest BCUT2D eigenvalue weighted by atomic mass is 10.2. The van der Waals surface area contributed by atoms with Crippen molar-refractivity contribution in [1.82, 2.24) is 20.0 Å². The van der Waals surface area contributed by atoms with Crippen LogP contribution in [0.2, 0.25) is 0 Å². The van der Waals surface area contributed by atoms with E-state index in [-0.39, 0.29) is 31.0 Å². The summed E-state index contributed by atoms with van der Waals surface area (Å²) in [5.74, 6) is -2.79. The zero-order chi connectivity index (χ0) is 18.0. The molecule has 0 spiro atoms. The predicted molar refractivity (Wildman–Crippen MR) is 82.5 cm³/mol. The Hall–Kier alpha value is -2.45. The van der Waals surface area contributed by atoms with Crippen molar-refractivity contribution in [1.29, 1.82) is 0 Å². The Morgan fingerprint density at radius 2 is 1.75 bits per heavy atom. The van der Waals surface area contributed by atoms with Gasteiger partial charge in [-0.3, -0.25) is 24.1 Å². The number of hydrogen-bond donors (Lipinski definition) is 1. The van der Waals surface area contributed by atoms with E-state index in [9.17, 15) is 24.0 Å². The summed E-state index contributed by atoms with van der Waals surface area (Å²) in [6.45, 7) is 3.03. The van der Waals surface area contributed by atoms with E-state index in [0.717, 1.165) is 22.6 Å². The van der Waals surface area contributed by atoms with Gasteiger partial charge in [-0.05, 0) is 18.8 Å². The zero-order valence-corrected chi connectivity index (χ0v) is 14.1. The number of imide groups is 2. The molecule has 0 unspecified atom stereocenters. The number of carbonyl (C=O) groups excluding carboxylic acids is 5. The number of amides is 6. The topological polar surface area (TPSA) is 107 Å². The molecule has 9 heteroatoms. The molecule has 0 aromatic heterocycles. The standard InChI is InChI=1S/C15H22N4O5/c1-9(2)6-18-13(22)14(23)19(15(18)24)8-12(21)17(3)7-11(20)16-10-4-5-10/h9-10H,4-8H2,1-3H3,(H,16,20). The van der Waals surface area contributed by atoms with Gasteiger partial charge in [0.25, 0.3) is 0 Å². The highest BCUT2D eigenvalue weighted by molar-refractivity contribution is 6.45. The van der Waals surface area contributed by atoms with Crippen molar-refractivity contribution in [3.63, 3.8) is 0 Å². The molecule has 0 aromatic rings. The molecule has 0 radical (unpaired) electrons. The van der Waals surface area contributed by atoms with Gasteiger partial charge in [0.15, 0.2) is 0 Å². The second-order valence-electron chi connectivity index (χ2n) is 6.58. The monoisotopic (exact) mass is 338 g/mol. The van der Waals surface area contributed by atoms with Crippen molar-refractivity contribution in [2.75, 3.05) is 26.7 Å². The summed E-state index contributed by atoms with van der Waals surface area (Å²) >= 11 is 0. The lowest BCUT2D eigenvalue weighted by molar-refractivity contribution is -0.145. The number of likely N-dealkylation sites (N-methyl/N-ethyl adjacent to an activating group) is 1. The van der Waals surface area contributed by atoms with E-state index < -0.39 is 30.3 Å². The quantitative estimate of drug-likeness (QED) is 0.482. The molecule has 24 heavy (non-hydrogen) atoms. The average Bonchev–Trinajstić information content (AvgIpc) is 3.28. The minimum atomic E-state index is -1.01. The van der Waals surface area contributed by atoms with Gasteiger partial charge in [-0.15, -0.1) is 0 Å². The van der Waals surface area contributed by atoms with Crippen LogP contribution >= 0.6 is 0 Å². The molecule has 1 saturated heterocycles. The van der Waals surface area contributed by atoms with E-state index in [1.54, 1.807) is 0 Å². The van der Waals surface area contributed by atoms with Crippen LogP contribution in [0.25, 0.3) is 0 Å². The van der Waals surface area contributed by atoms with E-state index >= 15 is 0 Å². The highest BCUT2D eigenvalue weighted by Crippen LogP contribution is 2.18. The van der Waals surface area contributed by atoms with Crippen LogP contribution in [0.4, 0.5) is 4.79 Å². The zero-order valence-electron chi connectivity index (χ0n) is 14.1. The van der Waals surface area contributed by atoms with Crippen molar-refractivity contribution in [2.24, 2.45) is 5.92 Å². The molecule has 6 amide bonds. The number of carbonyl (C=O) groups is 5. The van der Waals surface area contributed by atoms with Gasteiger partial charge in [-0.25, -0.2) is 9.69 Å². The van der Waals surface area contributed by atoms with E-state index in [2.05, 4.69) is 5.32 Å². The van der Waals surface area contributed by atoms with Gasteiger partial charge in [-0.1, -0.05) is 13.8 Å². The summed E-state index contributed by atoms with van der Waals surface area (Å²) in [7, 11) is 1.41. The molecule has 9 nitrogen and oxygen atoms in total. The molecule has 1 N–H and O–H groups in total. The summed E-state index contributed by atoms with van der Waals surface area (Å²) in [4.78, 5) is 62.3. The normalized spacial score (nSPS) is 17.8. The molecule has 0 bridgehead atoms. The molecule has 2 fully saturated rings. The molecule has 2 aliphatic rings. The first-order chi connectivity index (χ1) is 11.2. The first-order valence-corrected chi connectivity index (χ1v) is 7.91. The van der Waals surface area contributed by atoms with Gasteiger partial charge < -0.3 is 10.2 Å². The number of nitrogens with zero attached hydrogens (tertiary/aromatic N) is 3. The van der Waals surface area contributed by atoms with Crippen molar-refractivity contribution in [2.45, 2.75) is 32.7 Å². The first-order valence-electron chi connectivity index (χ1n) is 7.91. The first kappa shape index (κ1) is 17.9. The minimum Gasteiger partial charge on any atom is -0.352 e. The van der Waals surface area contributed by atoms with Crippen LogP contribution in [0, 0.1) is 5.92 Å². The van der Waals surface area contributed by atoms with Crippen LogP contribution in [0.15, 0.2) is 0 Å². The van der Waals surface area contributed by atoms with Crippen LogP contribution in [0.5, 0.6) is 0 Å². The predicted octanol–water partition coefficient (Wildman–Crippen LogP) is -0.830. The largest absolute Gasteiger partial charge is 0.352 e. The Labute approximate surface area is 139 Å². The maximum atomic E-state index is 12.2. The lowest BCUT2D eigenvalue weighted by Gasteiger charge is -2.20. The van der Waals surface area contributed by atoms with Crippen LogP contribution in [-0.4, -0.2) is 77.1 Å². The minimum absolute atomic E-state index is 0.00939. The van der Waals surface area contributed by atoms with E-state index in [0.29, 0.717) is 4.90 Å². The average molecular weight is 338 g/mol. The van der Waals surface area contributed by atoms with E-state index in [1.165, 1.54) is 7.05 Å². The third kappa shape index (κ3) is 4.09. The summed E-state index contributed by atoms with van der Waals surface area (Å²) in [6, 6.07) is -0.604. The van der Waals surface area contributed by atoms with Gasteiger partial charge in [0, 0.05) is 19.6 Å². The van der Waals surface area contributed by atoms with Crippen LogP contribution in [0.1, 0.15) is 26.7 Å². The number of hydrogen-bond acceptors (Lipinski definition) is 5. The molecule has 2 rings (SSSR count). The second-order valence-corrected chi connectivity index (χ2v) is 6.58. The molecule has 1 aliphatic carbocycles. The van der Waals surface area contributed by atoms with E-state index in [1.807, 2.05) is 13.8 Å². The van der Waals surface area contributed by atoms with Crippen molar-refractivity contribution in [3.8, 4) is 0 Å². The Morgan fingerprint density at radius 3 is 2.29 bits per heavy atom. The van der Waals surface area contributed by atoms with Crippen LogP contribution < -0.4 is 5.32 Å². The molecule has 1 aliphatic heterocycles. The van der Waals surface area contributed by atoms with Crippen molar-refractivity contribution >= 4 is 29.7 Å². The van der Waals surface area contributed by atoms with Crippen LogP contribution in [-0.2, 0) is 19.2 Å². The fourth-order valence-electron chi connectivity index (χ4n) is 2.28.